The molecule has 4 rings (SSSR count). The van der Waals surface area contributed by atoms with Gasteiger partial charge in [0.05, 0.1) is 23.5 Å². The summed E-state index contributed by atoms with van der Waals surface area (Å²) in [5.41, 5.74) is 2.01. The zero-order valence-corrected chi connectivity index (χ0v) is 22.3. The van der Waals surface area contributed by atoms with Crippen molar-refractivity contribution in [3.05, 3.63) is 59.7 Å². The summed E-state index contributed by atoms with van der Waals surface area (Å²) in [6, 6.07) is 14.1. The summed E-state index contributed by atoms with van der Waals surface area (Å²) in [6.45, 7) is 6.78. The number of ether oxygens (including phenoxy) is 1. The molecule has 0 radical (unpaired) electrons. The number of aliphatic carboxylic acids is 1. The van der Waals surface area contributed by atoms with Gasteiger partial charge in [0.15, 0.2) is 0 Å². The highest BCUT2D eigenvalue weighted by molar-refractivity contribution is 7.92. The molecule has 2 aromatic carbocycles. The smallest absolute Gasteiger partial charge is 0.475 e. The number of benzene rings is 2. The quantitative estimate of drug-likeness (QED) is 0.422. The highest BCUT2D eigenvalue weighted by Gasteiger charge is 2.51. The predicted molar refractivity (Wildman–Crippen MR) is 138 cm³/mol. The van der Waals surface area contributed by atoms with E-state index in [1.807, 2.05) is 31.2 Å². The SMILES string of the molecule is CCc1ccc(S(=O)(=O)Nc2ccc(C3(C(=O)NCCN4CCOCC4)CC3)cc2)cc1.O=C(O)C(F)(F)F. The Morgan fingerprint density at radius 1 is 1.03 bits per heavy atom. The van der Waals surface area contributed by atoms with Gasteiger partial charge in [0.1, 0.15) is 0 Å². The van der Waals surface area contributed by atoms with Crippen LogP contribution in [0, 0.1) is 0 Å². The molecule has 13 heteroatoms. The molecular weight excluding hydrogens is 539 g/mol. The second-order valence-electron chi connectivity index (χ2n) is 9.28. The standard InChI is InChI=1S/C24H31N3O4S.C2HF3O2/c1-2-19-3-9-22(10-4-19)32(29,30)26-21-7-5-20(6-8-21)24(11-12-24)23(28)25-13-14-27-15-17-31-18-16-27;3-2(4,5)1(6)7/h3-10,26H,2,11-18H2,1H3,(H,25,28);(H,6,7). The summed E-state index contributed by atoms with van der Waals surface area (Å²) >= 11 is 0. The number of morpholine rings is 1. The fourth-order valence-corrected chi connectivity index (χ4v) is 5.13. The number of amides is 1. The first-order valence-electron chi connectivity index (χ1n) is 12.5. The lowest BCUT2D eigenvalue weighted by Crippen LogP contribution is -2.43. The van der Waals surface area contributed by atoms with Gasteiger partial charge >= 0.3 is 12.1 Å². The predicted octanol–water partition coefficient (Wildman–Crippen LogP) is 3.16. The number of hydrogen-bond donors (Lipinski definition) is 3. The van der Waals surface area contributed by atoms with Crippen LogP contribution in [0.3, 0.4) is 0 Å². The third kappa shape index (κ3) is 8.41. The molecule has 9 nitrogen and oxygen atoms in total. The minimum absolute atomic E-state index is 0.0510. The van der Waals surface area contributed by atoms with Gasteiger partial charge in [-0.1, -0.05) is 31.2 Å². The molecule has 1 aliphatic heterocycles. The molecule has 0 spiro atoms. The van der Waals surface area contributed by atoms with E-state index in [0.29, 0.717) is 12.2 Å². The second kappa shape index (κ2) is 12.8. The first kappa shape index (κ1) is 30.4. The molecule has 0 unspecified atom stereocenters. The molecule has 39 heavy (non-hydrogen) atoms. The minimum atomic E-state index is -5.08. The molecule has 0 bridgehead atoms. The van der Waals surface area contributed by atoms with E-state index in [0.717, 1.165) is 63.2 Å². The molecule has 1 heterocycles. The number of carboxylic acids is 1. The molecule has 1 aliphatic carbocycles. The van der Waals surface area contributed by atoms with E-state index in [9.17, 15) is 26.4 Å². The van der Waals surface area contributed by atoms with E-state index < -0.39 is 27.6 Å². The van der Waals surface area contributed by atoms with Crippen molar-refractivity contribution in [2.45, 2.75) is 42.7 Å². The Balaban J connectivity index is 0.000000532. The average molecular weight is 572 g/mol. The maximum Gasteiger partial charge on any atom is 0.490 e. The van der Waals surface area contributed by atoms with Crippen molar-refractivity contribution in [2.24, 2.45) is 0 Å². The molecule has 214 valence electrons. The number of sulfonamides is 1. The summed E-state index contributed by atoms with van der Waals surface area (Å²) in [6.07, 6.45) is -2.60. The summed E-state index contributed by atoms with van der Waals surface area (Å²) in [7, 11) is -3.65. The molecule has 1 saturated carbocycles. The van der Waals surface area contributed by atoms with Crippen LogP contribution in [0.15, 0.2) is 53.4 Å². The molecule has 0 aromatic heterocycles. The van der Waals surface area contributed by atoms with Gasteiger partial charge in [-0.25, -0.2) is 13.2 Å². The number of aryl methyl sites for hydroxylation is 1. The number of nitrogens with zero attached hydrogens (tertiary/aromatic N) is 1. The molecule has 1 amide bonds. The zero-order chi connectivity index (χ0) is 28.7. The van der Waals surface area contributed by atoms with Crippen LogP contribution in [0.1, 0.15) is 30.9 Å². The lowest BCUT2D eigenvalue weighted by atomic mass is 9.95. The lowest BCUT2D eigenvalue weighted by Gasteiger charge is -2.27. The molecule has 2 aliphatic rings. The van der Waals surface area contributed by atoms with Gasteiger partial charge in [0.2, 0.25) is 5.91 Å². The van der Waals surface area contributed by atoms with Gasteiger partial charge in [-0.05, 0) is 54.7 Å². The number of alkyl halides is 3. The summed E-state index contributed by atoms with van der Waals surface area (Å²) in [5, 5.41) is 10.2. The van der Waals surface area contributed by atoms with E-state index in [1.54, 1.807) is 24.3 Å². The number of nitrogens with one attached hydrogen (secondary N) is 2. The van der Waals surface area contributed by atoms with Crippen LogP contribution in [0.2, 0.25) is 0 Å². The number of carboxylic acid groups (broad SMARTS) is 1. The van der Waals surface area contributed by atoms with Gasteiger partial charge < -0.3 is 15.2 Å². The Hall–Kier alpha value is -3.16. The number of carbonyl (C=O) groups excluding carboxylic acids is 1. The Labute approximate surface area is 225 Å². The highest BCUT2D eigenvalue weighted by Crippen LogP contribution is 2.48. The monoisotopic (exact) mass is 571 g/mol. The minimum Gasteiger partial charge on any atom is -0.475 e. The van der Waals surface area contributed by atoms with Crippen molar-refractivity contribution in [3.8, 4) is 0 Å². The number of carbonyl (C=O) groups is 2. The Morgan fingerprint density at radius 2 is 1.59 bits per heavy atom. The maximum absolute atomic E-state index is 12.9. The van der Waals surface area contributed by atoms with Crippen LogP contribution in [0.4, 0.5) is 18.9 Å². The Bertz CT molecular complexity index is 1230. The first-order valence-corrected chi connectivity index (χ1v) is 14.0. The van der Waals surface area contributed by atoms with Gasteiger partial charge in [-0.2, -0.15) is 13.2 Å². The molecule has 1 saturated heterocycles. The summed E-state index contributed by atoms with van der Waals surface area (Å²) in [4.78, 5) is 24.3. The lowest BCUT2D eigenvalue weighted by molar-refractivity contribution is -0.192. The highest BCUT2D eigenvalue weighted by atomic mass is 32.2. The Morgan fingerprint density at radius 3 is 2.08 bits per heavy atom. The van der Waals surface area contributed by atoms with Gasteiger partial charge in [-0.15, -0.1) is 0 Å². The fraction of sp³-hybridized carbons (Fsp3) is 0.462. The molecule has 2 aromatic rings. The molecule has 3 N–H and O–H groups in total. The van der Waals surface area contributed by atoms with Crippen LogP contribution in [0.5, 0.6) is 0 Å². The fourth-order valence-electron chi connectivity index (χ4n) is 4.07. The van der Waals surface area contributed by atoms with E-state index in [-0.39, 0.29) is 10.8 Å². The number of rotatable bonds is 9. The zero-order valence-electron chi connectivity index (χ0n) is 21.5. The van der Waals surface area contributed by atoms with Crippen LogP contribution < -0.4 is 10.0 Å². The third-order valence-electron chi connectivity index (χ3n) is 6.58. The topological polar surface area (TPSA) is 125 Å². The van der Waals surface area contributed by atoms with Crippen LogP contribution >= 0.6 is 0 Å². The number of halogens is 3. The van der Waals surface area contributed by atoms with E-state index in [2.05, 4.69) is 14.9 Å². The number of anilines is 1. The normalized spacial score (nSPS) is 16.9. The van der Waals surface area contributed by atoms with Crippen molar-refractivity contribution < 1.29 is 41.0 Å². The number of hydrogen-bond acceptors (Lipinski definition) is 6. The molecule has 2 fully saturated rings. The third-order valence-corrected chi connectivity index (χ3v) is 7.97. The van der Waals surface area contributed by atoms with E-state index in [1.165, 1.54) is 0 Å². The average Bonchev–Trinajstić information content (AvgIpc) is 3.72. The summed E-state index contributed by atoms with van der Waals surface area (Å²) in [5.74, 6) is -2.71. The maximum atomic E-state index is 12.9. The molecule has 0 atom stereocenters. The summed E-state index contributed by atoms with van der Waals surface area (Å²) < 4.78 is 65.0. The van der Waals surface area contributed by atoms with Gasteiger partial charge in [-0.3, -0.25) is 14.4 Å². The van der Waals surface area contributed by atoms with Crippen molar-refractivity contribution in [2.75, 3.05) is 44.1 Å². The van der Waals surface area contributed by atoms with E-state index >= 15 is 0 Å². The van der Waals surface area contributed by atoms with Crippen LogP contribution in [-0.2, 0) is 36.2 Å². The van der Waals surface area contributed by atoms with Crippen LogP contribution in [0.25, 0.3) is 0 Å². The first-order chi connectivity index (χ1) is 18.4. The van der Waals surface area contributed by atoms with Crippen molar-refractivity contribution in [1.29, 1.82) is 0 Å². The van der Waals surface area contributed by atoms with Crippen molar-refractivity contribution in [1.82, 2.24) is 10.2 Å². The van der Waals surface area contributed by atoms with Crippen LogP contribution in [-0.4, -0.2) is 75.9 Å². The second-order valence-corrected chi connectivity index (χ2v) is 11.0. The molecular formula is C26H32F3N3O6S. The largest absolute Gasteiger partial charge is 0.490 e. The van der Waals surface area contributed by atoms with Gasteiger partial charge in [0.25, 0.3) is 10.0 Å². The van der Waals surface area contributed by atoms with Crippen molar-refractivity contribution in [3.63, 3.8) is 0 Å². The van der Waals surface area contributed by atoms with Crippen molar-refractivity contribution >= 4 is 27.6 Å². The van der Waals surface area contributed by atoms with E-state index in [4.69, 9.17) is 14.6 Å². The van der Waals surface area contributed by atoms with Gasteiger partial charge in [0, 0.05) is 31.9 Å². The Kier molecular flexibility index (Phi) is 9.97.